The van der Waals surface area contributed by atoms with E-state index in [0.29, 0.717) is 17.5 Å². The molecule has 0 aliphatic rings. The average molecular weight is 658 g/mol. The van der Waals surface area contributed by atoms with Gasteiger partial charge in [-0.05, 0) is 41.0 Å². The predicted molar refractivity (Wildman–Crippen MR) is 207 cm³/mol. The highest BCUT2D eigenvalue weighted by Gasteiger charge is 2.18. The van der Waals surface area contributed by atoms with Crippen molar-refractivity contribution in [1.29, 1.82) is 0 Å². The average Bonchev–Trinajstić information content (AvgIpc) is 3.77. The molecule has 10 rings (SSSR count). The second-order valence-electron chi connectivity index (χ2n) is 12.4. The highest BCUT2D eigenvalue weighted by molar-refractivity contribution is 7.26. The quantitative estimate of drug-likeness (QED) is 0.185. The first-order valence-electron chi connectivity index (χ1n) is 16.6. The third-order valence-electron chi connectivity index (χ3n) is 9.37. The van der Waals surface area contributed by atoms with Crippen molar-refractivity contribution in [1.82, 2.24) is 15.0 Å². The van der Waals surface area contributed by atoms with Gasteiger partial charge in [-0.15, -0.1) is 11.3 Å². The second-order valence-corrected chi connectivity index (χ2v) is 13.5. The normalized spacial score (nSPS) is 11.6. The van der Waals surface area contributed by atoms with Crippen LogP contribution in [0.4, 0.5) is 0 Å². The molecule has 0 unspecified atom stereocenters. The maximum Gasteiger partial charge on any atom is 0.164 e. The van der Waals surface area contributed by atoms with E-state index in [2.05, 4.69) is 121 Å². The van der Waals surface area contributed by atoms with Crippen molar-refractivity contribution in [2.45, 2.75) is 0 Å². The van der Waals surface area contributed by atoms with Crippen LogP contribution in [0, 0.1) is 0 Å². The molecule has 0 radical (unpaired) electrons. The van der Waals surface area contributed by atoms with E-state index < -0.39 is 0 Å². The predicted octanol–water partition coefficient (Wildman–Crippen LogP) is 12.5. The third kappa shape index (κ3) is 4.79. The molecule has 0 aliphatic heterocycles. The van der Waals surface area contributed by atoms with Crippen LogP contribution in [-0.2, 0) is 0 Å². The second kappa shape index (κ2) is 11.6. The fourth-order valence-corrected chi connectivity index (χ4v) is 8.05. The molecule has 0 aliphatic carbocycles. The van der Waals surface area contributed by atoms with E-state index in [4.69, 9.17) is 19.4 Å². The Balaban J connectivity index is 1.13. The summed E-state index contributed by atoms with van der Waals surface area (Å²) >= 11 is 1.80. The van der Waals surface area contributed by atoms with Gasteiger partial charge < -0.3 is 4.42 Å². The standard InChI is InChI=1S/C45H27N3OS/c1-3-11-28(12-4-1)32-25-26-39-37(27-32)41-36(18-10-20-40(41)50-39)45-47-43(30-13-5-2-6-14-30)46-44(48-45)31-23-21-29(22-24-31)33-16-9-17-35-34-15-7-8-19-38(34)49-42(33)35/h1-27H. The molecule has 0 spiro atoms. The first-order chi connectivity index (χ1) is 24.8. The molecule has 50 heavy (non-hydrogen) atoms. The van der Waals surface area contributed by atoms with Crippen molar-refractivity contribution in [2.24, 2.45) is 0 Å². The van der Waals surface area contributed by atoms with Crippen LogP contribution in [0.25, 0.3) is 98.5 Å². The lowest BCUT2D eigenvalue weighted by molar-refractivity contribution is 0.670. The Morgan fingerprint density at radius 3 is 1.78 bits per heavy atom. The monoisotopic (exact) mass is 657 g/mol. The number of fused-ring (bicyclic) bond motifs is 6. The first-order valence-corrected chi connectivity index (χ1v) is 17.4. The fraction of sp³-hybridized carbons (Fsp3) is 0. The number of furan rings is 1. The van der Waals surface area contributed by atoms with Crippen LogP contribution >= 0.6 is 11.3 Å². The van der Waals surface area contributed by atoms with Gasteiger partial charge in [0.1, 0.15) is 11.2 Å². The van der Waals surface area contributed by atoms with Gasteiger partial charge in [0.2, 0.25) is 0 Å². The summed E-state index contributed by atoms with van der Waals surface area (Å²) in [7, 11) is 0. The molecule has 7 aromatic carbocycles. The number of benzene rings is 7. The molecule has 0 N–H and O–H groups in total. The van der Waals surface area contributed by atoms with Gasteiger partial charge in [0, 0.05) is 53.2 Å². The zero-order valence-corrected chi connectivity index (χ0v) is 27.6. The summed E-state index contributed by atoms with van der Waals surface area (Å²) in [5.41, 5.74) is 9.14. The Morgan fingerprint density at radius 1 is 0.380 bits per heavy atom. The largest absolute Gasteiger partial charge is 0.455 e. The number of aromatic nitrogens is 3. The Kier molecular flexibility index (Phi) is 6.64. The lowest BCUT2D eigenvalue weighted by Gasteiger charge is -2.10. The van der Waals surface area contributed by atoms with E-state index in [9.17, 15) is 0 Å². The molecule has 0 amide bonds. The zero-order chi connectivity index (χ0) is 33.0. The molecule has 0 atom stereocenters. The molecule has 0 saturated carbocycles. The molecule has 10 aromatic rings. The number of rotatable bonds is 5. The molecule has 4 nitrogen and oxygen atoms in total. The van der Waals surface area contributed by atoms with Gasteiger partial charge in [0.05, 0.1) is 0 Å². The maximum atomic E-state index is 6.34. The van der Waals surface area contributed by atoms with Crippen LogP contribution in [0.15, 0.2) is 168 Å². The van der Waals surface area contributed by atoms with Gasteiger partial charge in [-0.2, -0.15) is 0 Å². The number of hydrogen-bond acceptors (Lipinski definition) is 5. The highest BCUT2D eigenvalue weighted by Crippen LogP contribution is 2.42. The van der Waals surface area contributed by atoms with Gasteiger partial charge in [0.25, 0.3) is 0 Å². The van der Waals surface area contributed by atoms with Crippen LogP contribution in [0.2, 0.25) is 0 Å². The van der Waals surface area contributed by atoms with Crippen LogP contribution in [0.3, 0.4) is 0 Å². The topological polar surface area (TPSA) is 51.8 Å². The number of hydrogen-bond donors (Lipinski definition) is 0. The molecule has 5 heteroatoms. The van der Waals surface area contributed by atoms with Gasteiger partial charge in [0.15, 0.2) is 17.5 Å². The lowest BCUT2D eigenvalue weighted by atomic mass is 10.0. The van der Waals surface area contributed by atoms with E-state index in [1.165, 1.54) is 25.9 Å². The van der Waals surface area contributed by atoms with E-state index >= 15 is 0 Å². The molecule has 3 aromatic heterocycles. The van der Waals surface area contributed by atoms with Crippen LogP contribution in [0.1, 0.15) is 0 Å². The van der Waals surface area contributed by atoms with Crippen molar-refractivity contribution in [3.8, 4) is 56.4 Å². The number of para-hydroxylation sites is 2. The molecule has 0 bridgehead atoms. The Labute approximate surface area is 292 Å². The summed E-state index contributed by atoms with van der Waals surface area (Å²) in [6.07, 6.45) is 0. The molecular formula is C45H27N3OS. The summed E-state index contributed by atoms with van der Waals surface area (Å²) in [6.45, 7) is 0. The number of thiophene rings is 1. The summed E-state index contributed by atoms with van der Waals surface area (Å²) < 4.78 is 8.78. The molecule has 0 saturated heterocycles. The van der Waals surface area contributed by atoms with Crippen LogP contribution in [0.5, 0.6) is 0 Å². The van der Waals surface area contributed by atoms with E-state index in [-0.39, 0.29) is 0 Å². The van der Waals surface area contributed by atoms with Gasteiger partial charge in [-0.25, -0.2) is 15.0 Å². The minimum Gasteiger partial charge on any atom is -0.455 e. The SMILES string of the molecule is c1ccc(-c2ccc3sc4cccc(-c5nc(-c6ccccc6)nc(-c6ccc(-c7cccc8c7oc7ccccc78)cc6)n5)c4c3c2)cc1. The smallest absolute Gasteiger partial charge is 0.164 e. The van der Waals surface area contributed by atoms with Crippen molar-refractivity contribution < 1.29 is 4.42 Å². The van der Waals surface area contributed by atoms with Crippen molar-refractivity contribution in [3.63, 3.8) is 0 Å². The van der Waals surface area contributed by atoms with Crippen molar-refractivity contribution in [2.75, 3.05) is 0 Å². The fourth-order valence-electron chi connectivity index (χ4n) is 6.94. The zero-order valence-electron chi connectivity index (χ0n) is 26.7. The Morgan fingerprint density at radius 2 is 0.980 bits per heavy atom. The van der Waals surface area contributed by atoms with Crippen LogP contribution < -0.4 is 0 Å². The maximum absolute atomic E-state index is 6.34. The Bertz CT molecular complexity index is 2860. The van der Waals surface area contributed by atoms with E-state index in [1.54, 1.807) is 11.3 Å². The third-order valence-corrected chi connectivity index (χ3v) is 10.5. The first kappa shape index (κ1) is 28.6. The van der Waals surface area contributed by atoms with Crippen LogP contribution in [-0.4, -0.2) is 15.0 Å². The summed E-state index contributed by atoms with van der Waals surface area (Å²) in [4.78, 5) is 15.3. The van der Waals surface area contributed by atoms with E-state index in [0.717, 1.165) is 55.1 Å². The lowest BCUT2D eigenvalue weighted by Crippen LogP contribution is -2.00. The molecule has 3 heterocycles. The van der Waals surface area contributed by atoms with Gasteiger partial charge in [-0.3, -0.25) is 0 Å². The summed E-state index contributed by atoms with van der Waals surface area (Å²) in [6, 6.07) is 56.8. The van der Waals surface area contributed by atoms with Gasteiger partial charge >= 0.3 is 0 Å². The Hall–Kier alpha value is -6.43. The van der Waals surface area contributed by atoms with Crippen molar-refractivity contribution in [3.05, 3.63) is 164 Å². The number of nitrogens with zero attached hydrogens (tertiary/aromatic N) is 3. The minimum atomic E-state index is 0.629. The summed E-state index contributed by atoms with van der Waals surface area (Å²) in [5, 5.41) is 4.60. The van der Waals surface area contributed by atoms with Crippen molar-refractivity contribution >= 4 is 53.4 Å². The summed E-state index contributed by atoms with van der Waals surface area (Å²) in [5.74, 6) is 1.92. The minimum absolute atomic E-state index is 0.629. The van der Waals surface area contributed by atoms with Gasteiger partial charge in [-0.1, -0.05) is 140 Å². The molecular weight excluding hydrogens is 631 g/mol. The molecule has 0 fully saturated rings. The highest BCUT2D eigenvalue weighted by atomic mass is 32.1. The van der Waals surface area contributed by atoms with E-state index in [1.807, 2.05) is 42.5 Å². The molecule has 234 valence electrons.